The van der Waals surface area contributed by atoms with Gasteiger partial charge in [-0.1, -0.05) is 19.1 Å². The molecule has 0 unspecified atom stereocenters. The highest BCUT2D eigenvalue weighted by Gasteiger charge is 2.38. The molecule has 1 amide bonds. The lowest BCUT2D eigenvalue weighted by Crippen LogP contribution is -2.50. The number of carbonyl (C=O) groups is 1. The molecule has 1 fully saturated rings. The van der Waals surface area contributed by atoms with Crippen LogP contribution in [0, 0.1) is 11.8 Å². The Hall–Kier alpha value is -2.49. The Kier molecular flexibility index (Phi) is 7.25. The van der Waals surface area contributed by atoms with Gasteiger partial charge in [-0.25, -0.2) is 8.42 Å². The van der Waals surface area contributed by atoms with Crippen molar-refractivity contribution in [2.45, 2.75) is 50.2 Å². The minimum Gasteiger partial charge on any atom is -0.487 e. The Bertz CT molecular complexity index is 1120. The van der Waals surface area contributed by atoms with E-state index in [1.54, 1.807) is 49.5 Å². The van der Waals surface area contributed by atoms with E-state index in [0.717, 1.165) is 24.0 Å². The van der Waals surface area contributed by atoms with E-state index in [9.17, 15) is 18.3 Å². The average molecular weight is 488 g/mol. The molecule has 9 heteroatoms. The molecule has 184 valence electrons. The maximum absolute atomic E-state index is 13.6. The zero-order valence-corrected chi connectivity index (χ0v) is 20.7. The molecular weight excluding hydrogens is 454 g/mol. The molecule has 1 aromatic carbocycles. The summed E-state index contributed by atoms with van der Waals surface area (Å²) in [5.74, 6) is 0.601. The molecule has 2 aromatic rings. The molecule has 3 atom stereocenters. The molecule has 1 saturated carbocycles. The highest BCUT2D eigenvalue weighted by molar-refractivity contribution is 7.89. The normalized spacial score (nSPS) is 23.2. The number of likely N-dealkylation sites (N-methyl/N-ethyl adjacent to an activating group) is 1. The van der Waals surface area contributed by atoms with Crippen molar-refractivity contribution in [3.8, 4) is 16.9 Å². The summed E-state index contributed by atoms with van der Waals surface area (Å²) in [7, 11) is -2.13. The summed E-state index contributed by atoms with van der Waals surface area (Å²) >= 11 is 0. The molecule has 0 radical (unpaired) electrons. The molecule has 4 rings (SSSR count). The summed E-state index contributed by atoms with van der Waals surface area (Å²) < 4.78 is 34.9. The van der Waals surface area contributed by atoms with Crippen LogP contribution in [0.1, 0.15) is 33.1 Å². The number of hydrogen-bond donors (Lipinski definition) is 1. The first-order chi connectivity index (χ1) is 16.2. The number of carbonyl (C=O) groups excluding carboxylic acids is 1. The number of pyridine rings is 1. The predicted molar refractivity (Wildman–Crippen MR) is 129 cm³/mol. The Morgan fingerprint density at radius 2 is 2.06 bits per heavy atom. The van der Waals surface area contributed by atoms with Crippen LogP contribution in [-0.2, 0) is 14.8 Å². The number of aliphatic hydroxyl groups is 1. The van der Waals surface area contributed by atoms with Gasteiger partial charge in [-0.15, -0.1) is 0 Å². The summed E-state index contributed by atoms with van der Waals surface area (Å²) in [6.07, 6.45) is 5.72. The summed E-state index contributed by atoms with van der Waals surface area (Å²) in [6.45, 7) is 3.86. The molecule has 34 heavy (non-hydrogen) atoms. The van der Waals surface area contributed by atoms with Crippen molar-refractivity contribution in [2.24, 2.45) is 11.8 Å². The number of aromatic nitrogens is 1. The summed E-state index contributed by atoms with van der Waals surface area (Å²) in [4.78, 5) is 18.6. The maximum atomic E-state index is 13.6. The van der Waals surface area contributed by atoms with Gasteiger partial charge in [-0.2, -0.15) is 4.31 Å². The Morgan fingerprint density at radius 1 is 1.29 bits per heavy atom. The van der Waals surface area contributed by atoms with Crippen LogP contribution in [0.15, 0.2) is 47.6 Å². The van der Waals surface area contributed by atoms with Crippen molar-refractivity contribution in [1.29, 1.82) is 0 Å². The van der Waals surface area contributed by atoms with E-state index in [1.165, 1.54) is 4.31 Å². The van der Waals surface area contributed by atoms with Crippen LogP contribution in [0.25, 0.3) is 11.1 Å². The molecular formula is C25H33N3O5S. The van der Waals surface area contributed by atoms with Crippen LogP contribution >= 0.6 is 0 Å². The van der Waals surface area contributed by atoms with E-state index in [2.05, 4.69) is 4.98 Å². The lowest BCUT2D eigenvalue weighted by Gasteiger charge is -2.37. The van der Waals surface area contributed by atoms with Gasteiger partial charge >= 0.3 is 0 Å². The molecule has 0 bridgehead atoms. The highest BCUT2D eigenvalue weighted by Crippen LogP contribution is 2.37. The quantitative estimate of drug-likeness (QED) is 0.645. The van der Waals surface area contributed by atoms with E-state index in [4.69, 9.17) is 4.74 Å². The minimum absolute atomic E-state index is 0.0595. The SMILES string of the molecule is C[C@H]1CN([C@@H](C)CO)S(=O)(=O)c2ccc(-c3cccnc3)cc2O[C@@H]1CN(C)C(=O)CC1CC1. The zero-order chi connectivity index (χ0) is 24.5. The van der Waals surface area contributed by atoms with E-state index in [0.29, 0.717) is 18.9 Å². The number of fused-ring (bicyclic) bond motifs is 1. The van der Waals surface area contributed by atoms with Crippen LogP contribution < -0.4 is 4.74 Å². The fraction of sp³-hybridized carbons (Fsp3) is 0.520. The fourth-order valence-corrected chi connectivity index (χ4v) is 6.08. The van der Waals surface area contributed by atoms with Crippen LogP contribution in [0.4, 0.5) is 0 Å². The first kappa shape index (κ1) is 24.6. The smallest absolute Gasteiger partial charge is 0.247 e. The Morgan fingerprint density at radius 3 is 2.71 bits per heavy atom. The van der Waals surface area contributed by atoms with Crippen LogP contribution in [-0.4, -0.2) is 72.5 Å². The van der Waals surface area contributed by atoms with Crippen molar-refractivity contribution in [2.75, 3.05) is 26.7 Å². The number of benzene rings is 1. The van der Waals surface area contributed by atoms with Crippen molar-refractivity contribution in [3.63, 3.8) is 0 Å². The van der Waals surface area contributed by atoms with Gasteiger partial charge < -0.3 is 14.7 Å². The predicted octanol–water partition coefficient (Wildman–Crippen LogP) is 2.78. The first-order valence-electron chi connectivity index (χ1n) is 11.8. The summed E-state index contributed by atoms with van der Waals surface area (Å²) in [5, 5.41) is 9.79. The molecule has 1 aromatic heterocycles. The molecule has 1 N–H and O–H groups in total. The van der Waals surface area contributed by atoms with Gasteiger partial charge in [0.25, 0.3) is 0 Å². The largest absolute Gasteiger partial charge is 0.487 e. The Labute approximate surface area is 201 Å². The van der Waals surface area contributed by atoms with E-state index in [-0.39, 0.29) is 35.6 Å². The maximum Gasteiger partial charge on any atom is 0.247 e. The van der Waals surface area contributed by atoms with E-state index in [1.807, 2.05) is 19.1 Å². The third-order valence-corrected chi connectivity index (χ3v) is 8.72. The third-order valence-electron chi connectivity index (χ3n) is 6.70. The topological polar surface area (TPSA) is 100 Å². The second kappa shape index (κ2) is 10.0. The summed E-state index contributed by atoms with van der Waals surface area (Å²) in [5.41, 5.74) is 1.63. The number of aliphatic hydroxyl groups excluding tert-OH is 1. The van der Waals surface area contributed by atoms with Gasteiger partial charge in [0.2, 0.25) is 15.9 Å². The lowest BCUT2D eigenvalue weighted by atomic mass is 10.0. The first-order valence-corrected chi connectivity index (χ1v) is 13.2. The number of sulfonamides is 1. The fourth-order valence-electron chi connectivity index (χ4n) is 4.25. The number of hydrogen-bond acceptors (Lipinski definition) is 6. The number of rotatable bonds is 7. The van der Waals surface area contributed by atoms with Gasteiger partial charge in [-0.05, 0) is 49.4 Å². The van der Waals surface area contributed by atoms with Crippen LogP contribution in [0.5, 0.6) is 5.75 Å². The number of ether oxygens (including phenoxy) is 1. The highest BCUT2D eigenvalue weighted by atomic mass is 32.2. The monoisotopic (exact) mass is 487 g/mol. The molecule has 1 aliphatic carbocycles. The molecule has 1 aliphatic heterocycles. The average Bonchev–Trinajstić information content (AvgIpc) is 3.65. The molecule has 0 saturated heterocycles. The number of nitrogens with zero attached hydrogens (tertiary/aromatic N) is 3. The van der Waals surface area contributed by atoms with Crippen LogP contribution in [0.2, 0.25) is 0 Å². The van der Waals surface area contributed by atoms with Gasteiger partial charge in [0, 0.05) is 49.9 Å². The standard InChI is InChI=1S/C25H33N3O5S/c1-17-14-28(18(2)16-29)34(31,32)24-9-8-20(21-5-4-10-26-13-21)12-22(24)33-23(17)15-27(3)25(30)11-19-6-7-19/h4-5,8-10,12-13,17-19,23,29H,6-7,11,14-16H2,1-3H3/t17-,18-,23+/m0/s1. The second-order valence-corrected chi connectivity index (χ2v) is 11.4. The second-order valence-electron chi connectivity index (χ2n) is 9.56. The van der Waals surface area contributed by atoms with Crippen molar-refractivity contribution < 1.29 is 23.1 Å². The molecule has 8 nitrogen and oxygen atoms in total. The van der Waals surface area contributed by atoms with Crippen molar-refractivity contribution in [3.05, 3.63) is 42.7 Å². The van der Waals surface area contributed by atoms with Crippen molar-refractivity contribution in [1.82, 2.24) is 14.2 Å². The third kappa shape index (κ3) is 5.26. The summed E-state index contributed by atoms with van der Waals surface area (Å²) in [6, 6.07) is 8.15. The Balaban J connectivity index is 1.72. The van der Waals surface area contributed by atoms with E-state index >= 15 is 0 Å². The molecule has 2 aliphatic rings. The van der Waals surface area contributed by atoms with Gasteiger partial charge in [0.1, 0.15) is 16.7 Å². The lowest BCUT2D eigenvalue weighted by molar-refractivity contribution is -0.131. The van der Waals surface area contributed by atoms with Crippen molar-refractivity contribution >= 4 is 15.9 Å². The number of amides is 1. The van der Waals surface area contributed by atoms with Crippen LogP contribution in [0.3, 0.4) is 0 Å². The van der Waals surface area contributed by atoms with E-state index < -0.39 is 22.2 Å². The molecule has 2 heterocycles. The zero-order valence-electron chi connectivity index (χ0n) is 19.9. The van der Waals surface area contributed by atoms with Gasteiger partial charge in [0.05, 0.1) is 13.2 Å². The molecule has 0 spiro atoms. The van der Waals surface area contributed by atoms with Gasteiger partial charge in [-0.3, -0.25) is 9.78 Å². The minimum atomic E-state index is -3.91. The van der Waals surface area contributed by atoms with Gasteiger partial charge in [0.15, 0.2) is 0 Å².